The minimum Gasteiger partial charge on any atom is -0.467 e. The lowest BCUT2D eigenvalue weighted by atomic mass is 10.4. The molecule has 0 spiro atoms. The van der Waals surface area contributed by atoms with Gasteiger partial charge in [0.2, 0.25) is 11.8 Å². The third kappa shape index (κ3) is 4.62. The van der Waals surface area contributed by atoms with E-state index in [1.165, 1.54) is 16.7 Å². The molecule has 2 heterocycles. The van der Waals surface area contributed by atoms with Crippen molar-refractivity contribution in [2.45, 2.75) is 11.7 Å². The maximum absolute atomic E-state index is 12.0. The topological polar surface area (TPSA) is 93.3 Å². The largest absolute Gasteiger partial charge is 0.467 e. The molecule has 9 heteroatoms. The van der Waals surface area contributed by atoms with Crippen LogP contribution >= 0.6 is 11.8 Å². The number of aryl methyl sites for hydroxylation is 1. The Labute approximate surface area is 131 Å². The molecule has 2 aromatic heterocycles. The molecule has 0 atom stereocenters. The summed E-state index contributed by atoms with van der Waals surface area (Å²) >= 11 is 1.28. The first-order valence-corrected chi connectivity index (χ1v) is 7.54. The first-order chi connectivity index (χ1) is 10.6. The van der Waals surface area contributed by atoms with Crippen molar-refractivity contribution in [3.05, 3.63) is 30.5 Å². The standard InChI is InChI=1S/C13H17N5O3S/c1-17(7-11(19)14-6-10-4-3-5-21-10)12(20)8-22-13-16-15-9-18(13)2/h3-5,9H,6-8H2,1-2H3,(H,14,19). The predicted molar refractivity (Wildman–Crippen MR) is 79.9 cm³/mol. The first-order valence-electron chi connectivity index (χ1n) is 6.56. The number of likely N-dealkylation sites (N-methyl/N-ethyl adjacent to an activating group) is 1. The molecule has 2 amide bonds. The molecule has 0 aromatic carbocycles. The molecule has 8 nitrogen and oxygen atoms in total. The molecule has 0 radical (unpaired) electrons. The summed E-state index contributed by atoms with van der Waals surface area (Å²) in [6.07, 6.45) is 3.11. The molecular weight excluding hydrogens is 306 g/mol. The number of rotatable bonds is 7. The van der Waals surface area contributed by atoms with E-state index >= 15 is 0 Å². The Morgan fingerprint density at radius 1 is 1.50 bits per heavy atom. The first kappa shape index (κ1) is 16.1. The van der Waals surface area contributed by atoms with Crippen LogP contribution in [-0.4, -0.2) is 50.8 Å². The van der Waals surface area contributed by atoms with Crippen LogP contribution in [0.1, 0.15) is 5.76 Å². The van der Waals surface area contributed by atoms with Crippen molar-refractivity contribution in [3.8, 4) is 0 Å². The van der Waals surface area contributed by atoms with Gasteiger partial charge in [0, 0.05) is 14.1 Å². The van der Waals surface area contributed by atoms with Crippen LogP contribution in [0, 0.1) is 0 Å². The quantitative estimate of drug-likeness (QED) is 0.736. The number of hydrogen-bond donors (Lipinski definition) is 1. The summed E-state index contributed by atoms with van der Waals surface area (Å²) in [5.41, 5.74) is 0. The van der Waals surface area contributed by atoms with Crippen LogP contribution in [0.5, 0.6) is 0 Å². The van der Waals surface area contributed by atoms with Crippen LogP contribution < -0.4 is 5.32 Å². The fourth-order valence-electron chi connectivity index (χ4n) is 1.60. The number of hydrogen-bond acceptors (Lipinski definition) is 6. The van der Waals surface area contributed by atoms with Crippen molar-refractivity contribution >= 4 is 23.6 Å². The Bertz CT molecular complexity index is 625. The third-order valence-corrected chi connectivity index (χ3v) is 3.86. The number of aromatic nitrogens is 3. The zero-order valence-electron chi connectivity index (χ0n) is 12.4. The molecule has 0 saturated carbocycles. The van der Waals surface area contributed by atoms with E-state index in [1.807, 2.05) is 0 Å². The molecule has 118 valence electrons. The van der Waals surface area contributed by atoms with E-state index in [9.17, 15) is 9.59 Å². The number of carbonyl (C=O) groups is 2. The summed E-state index contributed by atoms with van der Waals surface area (Å²) in [4.78, 5) is 25.1. The summed E-state index contributed by atoms with van der Waals surface area (Å²) in [5, 5.41) is 11.0. The predicted octanol–water partition coefficient (Wildman–Crippen LogP) is 0.275. The number of nitrogens with one attached hydrogen (secondary N) is 1. The lowest BCUT2D eigenvalue weighted by Gasteiger charge is -2.16. The fourth-order valence-corrected chi connectivity index (χ4v) is 2.43. The molecular formula is C13H17N5O3S. The number of thioether (sulfide) groups is 1. The van der Waals surface area contributed by atoms with E-state index in [1.54, 1.807) is 43.4 Å². The van der Waals surface area contributed by atoms with Crippen molar-refractivity contribution in [2.24, 2.45) is 7.05 Å². The second kappa shape index (κ2) is 7.64. The Kier molecular flexibility index (Phi) is 5.59. The second-order valence-corrected chi connectivity index (χ2v) is 5.56. The van der Waals surface area contributed by atoms with Gasteiger partial charge >= 0.3 is 0 Å². The molecule has 0 bridgehead atoms. The fraction of sp³-hybridized carbons (Fsp3) is 0.385. The van der Waals surface area contributed by atoms with Gasteiger partial charge in [0.1, 0.15) is 12.1 Å². The van der Waals surface area contributed by atoms with Gasteiger partial charge in [-0.15, -0.1) is 10.2 Å². The molecule has 0 aliphatic carbocycles. The molecule has 1 N–H and O–H groups in total. The van der Waals surface area contributed by atoms with Crippen LogP contribution in [0.2, 0.25) is 0 Å². The average Bonchev–Trinajstić information content (AvgIpc) is 3.14. The minimum atomic E-state index is -0.240. The highest BCUT2D eigenvalue weighted by Gasteiger charge is 2.14. The van der Waals surface area contributed by atoms with E-state index in [-0.39, 0.29) is 24.1 Å². The third-order valence-electron chi connectivity index (χ3n) is 2.84. The maximum atomic E-state index is 12.0. The Hall–Kier alpha value is -2.29. The van der Waals surface area contributed by atoms with Crippen molar-refractivity contribution < 1.29 is 14.0 Å². The van der Waals surface area contributed by atoms with Gasteiger partial charge < -0.3 is 19.2 Å². The Balaban J connectivity index is 1.71. The molecule has 22 heavy (non-hydrogen) atoms. The average molecular weight is 323 g/mol. The molecule has 0 aliphatic rings. The number of furan rings is 1. The van der Waals surface area contributed by atoms with Crippen molar-refractivity contribution in [3.63, 3.8) is 0 Å². The molecule has 2 aromatic rings. The summed E-state index contributed by atoms with van der Waals surface area (Å²) in [6.45, 7) is 0.306. The molecule has 2 rings (SSSR count). The smallest absolute Gasteiger partial charge is 0.239 e. The number of carbonyl (C=O) groups excluding carboxylic acids is 2. The van der Waals surface area contributed by atoms with E-state index in [0.29, 0.717) is 17.5 Å². The number of nitrogens with zero attached hydrogens (tertiary/aromatic N) is 4. The van der Waals surface area contributed by atoms with E-state index < -0.39 is 0 Å². The second-order valence-electron chi connectivity index (χ2n) is 4.62. The monoisotopic (exact) mass is 323 g/mol. The maximum Gasteiger partial charge on any atom is 0.239 e. The minimum absolute atomic E-state index is 0.00107. The lowest BCUT2D eigenvalue weighted by molar-refractivity contribution is -0.132. The van der Waals surface area contributed by atoms with E-state index in [2.05, 4.69) is 15.5 Å². The summed E-state index contributed by atoms with van der Waals surface area (Å²) < 4.78 is 6.84. The Morgan fingerprint density at radius 2 is 2.32 bits per heavy atom. The van der Waals surface area contributed by atoms with Crippen LogP contribution in [0.4, 0.5) is 0 Å². The summed E-state index contributed by atoms with van der Waals surface area (Å²) in [6, 6.07) is 3.52. The molecule has 0 unspecified atom stereocenters. The van der Waals surface area contributed by atoms with Gasteiger partial charge in [0.05, 0.1) is 25.1 Å². The zero-order valence-corrected chi connectivity index (χ0v) is 13.2. The van der Waals surface area contributed by atoms with Gasteiger partial charge in [0.25, 0.3) is 0 Å². The Morgan fingerprint density at radius 3 is 2.95 bits per heavy atom. The van der Waals surface area contributed by atoms with Crippen LogP contribution in [0.25, 0.3) is 0 Å². The summed E-state index contributed by atoms with van der Waals surface area (Å²) in [5.74, 6) is 0.478. The van der Waals surface area contributed by atoms with Gasteiger partial charge in [-0.05, 0) is 12.1 Å². The van der Waals surface area contributed by atoms with E-state index in [4.69, 9.17) is 4.42 Å². The highest BCUT2D eigenvalue weighted by Crippen LogP contribution is 2.13. The normalized spacial score (nSPS) is 10.5. The number of amides is 2. The van der Waals surface area contributed by atoms with Gasteiger partial charge in [-0.3, -0.25) is 9.59 Å². The zero-order chi connectivity index (χ0) is 15.9. The van der Waals surface area contributed by atoms with Crippen LogP contribution in [0.15, 0.2) is 34.3 Å². The lowest BCUT2D eigenvalue weighted by Crippen LogP contribution is -2.38. The van der Waals surface area contributed by atoms with Crippen molar-refractivity contribution in [1.29, 1.82) is 0 Å². The van der Waals surface area contributed by atoms with Crippen molar-refractivity contribution in [2.75, 3.05) is 19.3 Å². The SMILES string of the molecule is CN(CC(=O)NCc1ccco1)C(=O)CSc1nncn1C. The summed E-state index contributed by atoms with van der Waals surface area (Å²) in [7, 11) is 3.39. The van der Waals surface area contributed by atoms with E-state index in [0.717, 1.165) is 0 Å². The van der Waals surface area contributed by atoms with Gasteiger partial charge in [-0.2, -0.15) is 0 Å². The molecule has 0 aliphatic heterocycles. The molecule has 0 fully saturated rings. The van der Waals surface area contributed by atoms with Gasteiger partial charge in [-0.1, -0.05) is 11.8 Å². The van der Waals surface area contributed by atoms with Gasteiger partial charge in [0.15, 0.2) is 5.16 Å². The molecule has 0 saturated heterocycles. The van der Waals surface area contributed by atoms with Crippen LogP contribution in [-0.2, 0) is 23.2 Å². The highest BCUT2D eigenvalue weighted by molar-refractivity contribution is 7.99. The highest BCUT2D eigenvalue weighted by atomic mass is 32.2. The van der Waals surface area contributed by atoms with Crippen LogP contribution in [0.3, 0.4) is 0 Å². The van der Waals surface area contributed by atoms with Gasteiger partial charge in [-0.25, -0.2) is 0 Å². The van der Waals surface area contributed by atoms with Crippen molar-refractivity contribution in [1.82, 2.24) is 25.0 Å².